The van der Waals surface area contributed by atoms with Crippen LogP contribution in [0.1, 0.15) is 21.5 Å². The lowest BCUT2D eigenvalue weighted by molar-refractivity contribution is -0.0504. The van der Waals surface area contributed by atoms with Gasteiger partial charge < -0.3 is 21.1 Å². The van der Waals surface area contributed by atoms with Gasteiger partial charge >= 0.3 is 6.61 Å². The quantitative estimate of drug-likeness (QED) is 0.317. The molecular formula is C18H21F2IN4O2. The Morgan fingerprint density at radius 2 is 1.85 bits per heavy atom. The van der Waals surface area contributed by atoms with Gasteiger partial charge in [-0.05, 0) is 23.8 Å². The van der Waals surface area contributed by atoms with Crippen LogP contribution in [-0.4, -0.2) is 25.5 Å². The Hall–Kier alpha value is -2.43. The summed E-state index contributed by atoms with van der Waals surface area (Å²) in [7, 11) is 1.59. The summed E-state index contributed by atoms with van der Waals surface area (Å²) in [5, 5.41) is 6.11. The van der Waals surface area contributed by atoms with E-state index in [1.165, 1.54) is 6.07 Å². The number of primary amides is 1. The molecule has 2 aromatic carbocycles. The molecule has 0 radical (unpaired) electrons. The molecule has 2 rings (SSSR count). The largest absolute Gasteiger partial charge is 0.434 e. The van der Waals surface area contributed by atoms with Crippen molar-refractivity contribution >= 4 is 35.8 Å². The Morgan fingerprint density at radius 1 is 1.15 bits per heavy atom. The molecule has 0 saturated heterocycles. The first-order chi connectivity index (χ1) is 12.5. The molecule has 146 valence electrons. The van der Waals surface area contributed by atoms with Gasteiger partial charge in [-0.25, -0.2) is 0 Å². The number of ether oxygens (including phenoxy) is 1. The topological polar surface area (TPSA) is 88.7 Å². The van der Waals surface area contributed by atoms with Gasteiger partial charge in [0.15, 0.2) is 5.96 Å². The molecule has 0 aliphatic rings. The van der Waals surface area contributed by atoms with Gasteiger partial charge in [-0.15, -0.1) is 24.0 Å². The van der Waals surface area contributed by atoms with Gasteiger partial charge in [0.05, 0.1) is 0 Å². The Balaban J connectivity index is 0.00000364. The first-order valence-corrected chi connectivity index (χ1v) is 7.85. The van der Waals surface area contributed by atoms with Crippen LogP contribution in [0.4, 0.5) is 8.78 Å². The van der Waals surface area contributed by atoms with Gasteiger partial charge in [0.1, 0.15) is 5.75 Å². The molecule has 0 atom stereocenters. The van der Waals surface area contributed by atoms with E-state index >= 15 is 0 Å². The van der Waals surface area contributed by atoms with Crippen molar-refractivity contribution in [2.75, 3.05) is 7.05 Å². The predicted molar refractivity (Wildman–Crippen MR) is 110 cm³/mol. The van der Waals surface area contributed by atoms with Crippen LogP contribution in [-0.2, 0) is 13.1 Å². The van der Waals surface area contributed by atoms with Gasteiger partial charge in [-0.2, -0.15) is 8.78 Å². The van der Waals surface area contributed by atoms with E-state index in [9.17, 15) is 13.6 Å². The van der Waals surface area contributed by atoms with Crippen LogP contribution in [0.25, 0.3) is 0 Å². The number of hydrogen-bond donors (Lipinski definition) is 3. The van der Waals surface area contributed by atoms with Crippen LogP contribution >= 0.6 is 24.0 Å². The molecule has 9 heteroatoms. The molecule has 1 amide bonds. The highest BCUT2D eigenvalue weighted by Gasteiger charge is 2.09. The number of alkyl halides is 2. The molecular weight excluding hydrogens is 469 g/mol. The Morgan fingerprint density at radius 3 is 2.52 bits per heavy atom. The normalized spacial score (nSPS) is 10.9. The van der Waals surface area contributed by atoms with E-state index in [1.54, 1.807) is 43.4 Å². The van der Waals surface area contributed by atoms with Crippen molar-refractivity contribution in [1.82, 2.24) is 10.6 Å². The zero-order valence-electron chi connectivity index (χ0n) is 14.6. The zero-order chi connectivity index (χ0) is 18.9. The van der Waals surface area contributed by atoms with Crippen LogP contribution in [0.3, 0.4) is 0 Å². The molecule has 0 aromatic heterocycles. The van der Waals surface area contributed by atoms with Gasteiger partial charge in [0, 0.05) is 31.3 Å². The number of aliphatic imine (C=N–C) groups is 1. The molecule has 4 N–H and O–H groups in total. The number of guanidine groups is 1. The second-order valence-electron chi connectivity index (χ2n) is 5.33. The molecule has 0 aliphatic carbocycles. The fraction of sp³-hybridized carbons (Fsp3) is 0.222. The molecule has 0 unspecified atom stereocenters. The summed E-state index contributed by atoms with van der Waals surface area (Å²) >= 11 is 0. The minimum atomic E-state index is -2.88. The van der Waals surface area contributed by atoms with Crippen LogP contribution in [0.5, 0.6) is 5.75 Å². The number of rotatable bonds is 7. The lowest BCUT2D eigenvalue weighted by Crippen LogP contribution is -2.36. The maximum Gasteiger partial charge on any atom is 0.387 e. The van der Waals surface area contributed by atoms with Crippen LogP contribution in [0.2, 0.25) is 0 Å². The van der Waals surface area contributed by atoms with Crippen molar-refractivity contribution in [3.05, 3.63) is 65.2 Å². The summed E-state index contributed by atoms with van der Waals surface area (Å²) in [6.07, 6.45) is 0. The third kappa shape index (κ3) is 7.37. The zero-order valence-corrected chi connectivity index (χ0v) is 16.9. The number of hydrogen-bond acceptors (Lipinski definition) is 3. The number of carbonyl (C=O) groups is 1. The molecule has 6 nitrogen and oxygen atoms in total. The van der Waals surface area contributed by atoms with Gasteiger partial charge in [0.2, 0.25) is 5.91 Å². The third-order valence-electron chi connectivity index (χ3n) is 3.53. The molecule has 2 aromatic rings. The predicted octanol–water partition coefficient (Wildman–Crippen LogP) is 2.87. The minimum absolute atomic E-state index is 0. The standard InChI is InChI=1S/C18H20F2N4O2.HI/c1-22-18(23-10-12-5-4-7-13(9-12)16(21)25)24-11-14-6-2-3-8-15(14)26-17(19)20;/h2-9,17H,10-11H2,1H3,(H2,21,25)(H2,22,23,24);1H. The minimum Gasteiger partial charge on any atom is -0.434 e. The van der Waals surface area contributed by atoms with Crippen LogP contribution in [0.15, 0.2) is 53.5 Å². The average Bonchev–Trinajstić information content (AvgIpc) is 2.63. The highest BCUT2D eigenvalue weighted by Crippen LogP contribution is 2.19. The Labute approximate surface area is 173 Å². The van der Waals surface area contributed by atoms with E-state index in [4.69, 9.17) is 5.73 Å². The van der Waals surface area contributed by atoms with E-state index < -0.39 is 12.5 Å². The molecule has 27 heavy (non-hydrogen) atoms. The molecule has 0 heterocycles. The number of nitrogens with two attached hydrogens (primary N) is 1. The lowest BCUT2D eigenvalue weighted by Gasteiger charge is -2.14. The second-order valence-corrected chi connectivity index (χ2v) is 5.33. The van der Waals surface area contributed by atoms with Crippen molar-refractivity contribution in [3.8, 4) is 5.75 Å². The number of nitrogens with zero attached hydrogens (tertiary/aromatic N) is 1. The van der Waals surface area contributed by atoms with Crippen molar-refractivity contribution in [1.29, 1.82) is 0 Å². The second kappa shape index (κ2) is 11.3. The van der Waals surface area contributed by atoms with Crippen molar-refractivity contribution in [3.63, 3.8) is 0 Å². The van der Waals surface area contributed by atoms with E-state index in [2.05, 4.69) is 20.4 Å². The summed E-state index contributed by atoms with van der Waals surface area (Å²) in [6.45, 7) is -2.22. The number of halogens is 3. The van der Waals surface area contributed by atoms with Gasteiger partial charge in [0.25, 0.3) is 0 Å². The smallest absolute Gasteiger partial charge is 0.387 e. The number of amides is 1. The summed E-state index contributed by atoms with van der Waals surface area (Å²) in [5.41, 5.74) is 7.11. The average molecular weight is 490 g/mol. The number of nitrogens with one attached hydrogen (secondary N) is 2. The van der Waals surface area contributed by atoms with Crippen LogP contribution in [0, 0.1) is 0 Å². The molecule has 0 spiro atoms. The maximum atomic E-state index is 12.5. The van der Waals surface area contributed by atoms with E-state index in [-0.39, 0.29) is 36.3 Å². The summed E-state index contributed by atoms with van der Waals surface area (Å²) in [5.74, 6) is 0.0888. The fourth-order valence-electron chi connectivity index (χ4n) is 2.28. The van der Waals surface area contributed by atoms with Crippen molar-refractivity contribution in [2.24, 2.45) is 10.7 Å². The van der Waals surface area contributed by atoms with Crippen molar-refractivity contribution in [2.45, 2.75) is 19.7 Å². The van der Waals surface area contributed by atoms with E-state index in [0.29, 0.717) is 23.6 Å². The summed E-state index contributed by atoms with van der Waals surface area (Å²) in [6, 6.07) is 13.4. The molecule has 0 fully saturated rings. The SMILES string of the molecule is CN=C(NCc1cccc(C(N)=O)c1)NCc1ccccc1OC(F)F.I. The highest BCUT2D eigenvalue weighted by atomic mass is 127. The summed E-state index contributed by atoms with van der Waals surface area (Å²) < 4.78 is 29.4. The van der Waals surface area contributed by atoms with Crippen molar-refractivity contribution < 1.29 is 18.3 Å². The number of para-hydroxylation sites is 1. The molecule has 0 aliphatic heterocycles. The van der Waals surface area contributed by atoms with Gasteiger partial charge in [-0.1, -0.05) is 30.3 Å². The number of carbonyl (C=O) groups excluding carboxylic acids is 1. The van der Waals surface area contributed by atoms with Gasteiger partial charge in [-0.3, -0.25) is 9.79 Å². The first-order valence-electron chi connectivity index (χ1n) is 7.85. The van der Waals surface area contributed by atoms with E-state index in [1.807, 2.05) is 6.07 Å². The first kappa shape index (κ1) is 22.6. The fourth-order valence-corrected chi connectivity index (χ4v) is 2.28. The molecule has 0 saturated carbocycles. The van der Waals surface area contributed by atoms with Crippen LogP contribution < -0.4 is 21.1 Å². The summed E-state index contributed by atoms with van der Waals surface area (Å²) in [4.78, 5) is 15.3. The maximum absolute atomic E-state index is 12.5. The monoisotopic (exact) mass is 490 g/mol. The van der Waals surface area contributed by atoms with E-state index in [0.717, 1.165) is 5.56 Å². The highest BCUT2D eigenvalue weighted by molar-refractivity contribution is 14.0. The third-order valence-corrected chi connectivity index (χ3v) is 3.53. The lowest BCUT2D eigenvalue weighted by atomic mass is 10.1. The Bertz CT molecular complexity index is 787. The number of benzene rings is 2. The Kier molecular flexibility index (Phi) is 9.48. The molecule has 0 bridgehead atoms.